The van der Waals surface area contributed by atoms with Crippen LogP contribution in [0.3, 0.4) is 0 Å². The van der Waals surface area contributed by atoms with E-state index in [0.717, 1.165) is 0 Å². The second kappa shape index (κ2) is 5.40. The van der Waals surface area contributed by atoms with Crippen LogP contribution in [-0.2, 0) is 0 Å². The molecule has 0 aliphatic carbocycles. The Morgan fingerprint density at radius 2 is 1.78 bits per heavy atom. The van der Waals surface area contributed by atoms with Crippen LogP contribution in [0.25, 0.3) is 0 Å². The zero-order chi connectivity index (χ0) is 13.8. The maximum absolute atomic E-state index is 11.5. The van der Waals surface area contributed by atoms with Crippen LogP contribution in [0.1, 0.15) is 27.7 Å². The van der Waals surface area contributed by atoms with Crippen molar-refractivity contribution in [3.05, 3.63) is 30.3 Å². The molecule has 1 amide bonds. The Morgan fingerprint density at radius 3 is 2.28 bits per heavy atom. The van der Waals surface area contributed by atoms with E-state index >= 15 is 0 Å². The number of ether oxygens (including phenoxy) is 1. The summed E-state index contributed by atoms with van der Waals surface area (Å²) in [5.41, 5.74) is -1.32. The van der Waals surface area contributed by atoms with Gasteiger partial charge in [0.05, 0.1) is 5.60 Å². The van der Waals surface area contributed by atoms with E-state index in [1.54, 1.807) is 31.2 Å². The lowest BCUT2D eigenvalue weighted by molar-refractivity contribution is -0.0381. The molecule has 1 aromatic rings. The van der Waals surface area contributed by atoms with Gasteiger partial charge in [0, 0.05) is 6.54 Å². The molecule has 0 spiro atoms. The average Bonchev–Trinajstić information content (AvgIpc) is 2.26. The molecule has 0 radical (unpaired) electrons. The molecular formula is C14H21NO3. The smallest absolute Gasteiger partial charge is 0.410 e. The molecule has 0 fully saturated rings. The van der Waals surface area contributed by atoms with E-state index in [-0.39, 0.29) is 12.0 Å². The minimum Gasteiger partial charge on any atom is -0.410 e. The number of nitrogens with one attached hydrogen (secondary N) is 1. The molecule has 0 saturated heterocycles. The first kappa shape index (κ1) is 14.5. The zero-order valence-corrected chi connectivity index (χ0v) is 11.4. The summed E-state index contributed by atoms with van der Waals surface area (Å²) in [5, 5.41) is 12.8. The first-order valence-electron chi connectivity index (χ1n) is 5.95. The number of rotatable bonds is 3. The topological polar surface area (TPSA) is 58.6 Å². The van der Waals surface area contributed by atoms with E-state index < -0.39 is 11.7 Å². The van der Waals surface area contributed by atoms with E-state index in [9.17, 15) is 9.90 Å². The Kier molecular flexibility index (Phi) is 4.35. The lowest BCUT2D eigenvalue weighted by atomic mass is 9.78. The number of carbonyl (C=O) groups is 1. The summed E-state index contributed by atoms with van der Waals surface area (Å²) in [6.45, 7) is 7.57. The molecule has 4 heteroatoms. The van der Waals surface area contributed by atoms with Crippen LogP contribution in [0.15, 0.2) is 30.3 Å². The average molecular weight is 251 g/mol. The van der Waals surface area contributed by atoms with Gasteiger partial charge in [-0.3, -0.25) is 0 Å². The lowest BCUT2D eigenvalue weighted by Gasteiger charge is -2.36. The lowest BCUT2D eigenvalue weighted by Crippen LogP contribution is -2.49. The maximum Gasteiger partial charge on any atom is 0.412 e. The van der Waals surface area contributed by atoms with Gasteiger partial charge in [-0.2, -0.15) is 0 Å². The van der Waals surface area contributed by atoms with Crippen LogP contribution in [0.2, 0.25) is 0 Å². The van der Waals surface area contributed by atoms with Gasteiger partial charge in [0.1, 0.15) is 5.75 Å². The third kappa shape index (κ3) is 4.04. The molecule has 2 N–H and O–H groups in total. The zero-order valence-electron chi connectivity index (χ0n) is 11.4. The predicted octanol–water partition coefficient (Wildman–Crippen LogP) is 2.57. The van der Waals surface area contributed by atoms with Gasteiger partial charge in [-0.15, -0.1) is 0 Å². The number of aliphatic hydroxyl groups is 1. The van der Waals surface area contributed by atoms with E-state index in [2.05, 4.69) is 5.32 Å². The van der Waals surface area contributed by atoms with E-state index in [0.29, 0.717) is 5.75 Å². The van der Waals surface area contributed by atoms with Gasteiger partial charge in [0.15, 0.2) is 0 Å². The number of benzene rings is 1. The first-order chi connectivity index (χ1) is 8.22. The van der Waals surface area contributed by atoms with Gasteiger partial charge in [0.25, 0.3) is 0 Å². The van der Waals surface area contributed by atoms with Crippen LogP contribution in [-0.4, -0.2) is 23.3 Å². The van der Waals surface area contributed by atoms with E-state index in [4.69, 9.17) is 4.74 Å². The standard InChI is InChI=1S/C14H21NO3/c1-13(2,3)14(4,17)10-15-12(16)18-11-8-6-5-7-9-11/h5-9,17H,10H2,1-4H3,(H,15,16)/t14-/m1/s1. The van der Waals surface area contributed by atoms with Crippen molar-refractivity contribution in [1.82, 2.24) is 5.32 Å². The van der Waals surface area contributed by atoms with E-state index in [1.165, 1.54) is 0 Å². The molecule has 1 atom stereocenters. The molecule has 4 nitrogen and oxygen atoms in total. The second-order valence-electron chi connectivity index (χ2n) is 5.58. The van der Waals surface area contributed by atoms with Gasteiger partial charge >= 0.3 is 6.09 Å². The molecule has 0 heterocycles. The quantitative estimate of drug-likeness (QED) is 0.868. The van der Waals surface area contributed by atoms with Crippen molar-refractivity contribution in [2.45, 2.75) is 33.3 Å². The summed E-state index contributed by atoms with van der Waals surface area (Å²) in [4.78, 5) is 11.5. The monoisotopic (exact) mass is 251 g/mol. The highest BCUT2D eigenvalue weighted by Crippen LogP contribution is 2.29. The summed E-state index contributed by atoms with van der Waals surface area (Å²) < 4.78 is 5.06. The Labute approximate surface area is 108 Å². The largest absolute Gasteiger partial charge is 0.412 e. The fourth-order valence-corrected chi connectivity index (χ4v) is 1.14. The SMILES string of the molecule is CC(C)(C)[C@](C)(O)CNC(=O)Oc1ccccc1. The fraction of sp³-hybridized carbons (Fsp3) is 0.500. The van der Waals surface area contributed by atoms with Crippen molar-refractivity contribution < 1.29 is 14.6 Å². The van der Waals surface area contributed by atoms with Crippen molar-refractivity contribution in [2.75, 3.05) is 6.54 Å². The molecule has 1 rings (SSSR count). The van der Waals surface area contributed by atoms with Crippen LogP contribution in [0, 0.1) is 5.41 Å². The highest BCUT2D eigenvalue weighted by molar-refractivity contribution is 5.70. The van der Waals surface area contributed by atoms with Crippen molar-refractivity contribution in [3.8, 4) is 5.75 Å². The van der Waals surface area contributed by atoms with Gasteiger partial charge < -0.3 is 15.2 Å². The molecule has 0 bridgehead atoms. The minimum absolute atomic E-state index is 0.141. The van der Waals surface area contributed by atoms with Gasteiger partial charge in [-0.1, -0.05) is 39.0 Å². The molecule has 1 aromatic carbocycles. The van der Waals surface area contributed by atoms with Crippen LogP contribution >= 0.6 is 0 Å². The van der Waals surface area contributed by atoms with Gasteiger partial charge in [0.2, 0.25) is 0 Å². The predicted molar refractivity (Wildman–Crippen MR) is 70.5 cm³/mol. The molecule has 0 saturated carbocycles. The molecular weight excluding hydrogens is 230 g/mol. The Bertz CT molecular complexity index is 393. The maximum atomic E-state index is 11.5. The third-order valence-electron chi connectivity index (χ3n) is 3.15. The van der Waals surface area contributed by atoms with Crippen LogP contribution < -0.4 is 10.1 Å². The minimum atomic E-state index is -0.997. The van der Waals surface area contributed by atoms with Crippen molar-refractivity contribution >= 4 is 6.09 Å². The number of para-hydroxylation sites is 1. The highest BCUT2D eigenvalue weighted by Gasteiger charge is 2.35. The molecule has 0 aliphatic heterocycles. The van der Waals surface area contributed by atoms with Crippen molar-refractivity contribution in [3.63, 3.8) is 0 Å². The van der Waals surface area contributed by atoms with Crippen molar-refractivity contribution in [1.29, 1.82) is 0 Å². The first-order valence-corrected chi connectivity index (χ1v) is 5.95. The second-order valence-corrected chi connectivity index (χ2v) is 5.58. The number of hydrogen-bond donors (Lipinski definition) is 2. The van der Waals surface area contributed by atoms with Gasteiger partial charge in [-0.05, 0) is 24.5 Å². The normalized spacial score (nSPS) is 14.7. The van der Waals surface area contributed by atoms with Crippen LogP contribution in [0.4, 0.5) is 4.79 Å². The summed E-state index contributed by atoms with van der Waals surface area (Å²) >= 11 is 0. The molecule has 0 unspecified atom stereocenters. The summed E-state index contributed by atoms with van der Waals surface area (Å²) in [6, 6.07) is 8.81. The third-order valence-corrected chi connectivity index (χ3v) is 3.15. The number of carbonyl (C=O) groups excluding carboxylic acids is 1. The molecule has 100 valence electrons. The Morgan fingerprint density at radius 1 is 1.22 bits per heavy atom. The number of hydrogen-bond acceptors (Lipinski definition) is 3. The number of amides is 1. The van der Waals surface area contributed by atoms with Gasteiger partial charge in [-0.25, -0.2) is 4.79 Å². The Hall–Kier alpha value is -1.55. The van der Waals surface area contributed by atoms with Crippen molar-refractivity contribution in [2.24, 2.45) is 5.41 Å². The highest BCUT2D eigenvalue weighted by atomic mass is 16.6. The fourth-order valence-electron chi connectivity index (χ4n) is 1.14. The molecule has 0 aromatic heterocycles. The molecule has 0 aliphatic rings. The van der Waals surface area contributed by atoms with E-state index in [1.807, 2.05) is 26.8 Å². The Balaban J connectivity index is 2.48. The molecule has 18 heavy (non-hydrogen) atoms. The summed E-state index contributed by atoms with van der Waals surface area (Å²) in [5.74, 6) is 0.477. The summed E-state index contributed by atoms with van der Waals surface area (Å²) in [6.07, 6.45) is -0.564. The van der Waals surface area contributed by atoms with Crippen LogP contribution in [0.5, 0.6) is 5.75 Å². The summed E-state index contributed by atoms with van der Waals surface area (Å²) in [7, 11) is 0.